The predicted molar refractivity (Wildman–Crippen MR) is 135 cm³/mol. The molecule has 0 radical (unpaired) electrons. The summed E-state index contributed by atoms with van der Waals surface area (Å²) in [7, 11) is 2.96. The number of amides is 1. The Morgan fingerprint density at radius 3 is 2.66 bits per heavy atom. The summed E-state index contributed by atoms with van der Waals surface area (Å²) in [6, 6.07) is 21.8. The van der Waals surface area contributed by atoms with E-state index in [9.17, 15) is 9.59 Å². The van der Waals surface area contributed by atoms with Crippen molar-refractivity contribution in [2.24, 2.45) is 0 Å². The van der Waals surface area contributed by atoms with Gasteiger partial charge in [-0.2, -0.15) is 0 Å². The number of methoxy groups -OCH3 is 2. The number of rotatable bonds is 6. The molecule has 0 fully saturated rings. The molecule has 1 N–H and O–H groups in total. The van der Waals surface area contributed by atoms with Crippen molar-refractivity contribution in [2.45, 2.75) is 0 Å². The average molecular weight is 485 g/mol. The molecule has 2 heterocycles. The Labute approximate surface area is 204 Å². The van der Waals surface area contributed by atoms with Crippen molar-refractivity contribution >= 4 is 39.0 Å². The molecule has 0 atom stereocenters. The molecule has 0 bridgehead atoms. The number of oxazole rings is 1. The van der Waals surface area contributed by atoms with E-state index in [2.05, 4.69) is 10.3 Å². The highest BCUT2D eigenvalue weighted by Gasteiger charge is 2.18. The first-order valence-corrected chi connectivity index (χ1v) is 11.5. The molecule has 5 aromatic rings. The van der Waals surface area contributed by atoms with Crippen LogP contribution >= 0.6 is 11.3 Å². The molecule has 0 saturated heterocycles. The molecule has 174 valence electrons. The highest BCUT2D eigenvalue weighted by molar-refractivity contribution is 7.20. The zero-order valence-corrected chi connectivity index (χ0v) is 19.7. The van der Waals surface area contributed by atoms with Crippen molar-refractivity contribution in [3.8, 4) is 28.5 Å². The molecule has 0 unspecified atom stereocenters. The lowest BCUT2D eigenvalue weighted by Gasteiger charge is -2.08. The number of nitrogens with zero attached hydrogens (tertiary/aromatic N) is 1. The first-order valence-electron chi connectivity index (χ1n) is 10.7. The highest BCUT2D eigenvalue weighted by atomic mass is 32.1. The third-order valence-electron chi connectivity index (χ3n) is 5.42. The lowest BCUT2D eigenvalue weighted by atomic mass is 10.1. The Bertz CT molecular complexity index is 1550. The largest absolute Gasteiger partial charge is 0.497 e. The third kappa shape index (κ3) is 4.51. The summed E-state index contributed by atoms with van der Waals surface area (Å²) < 4.78 is 17.0. The second-order valence-electron chi connectivity index (χ2n) is 7.62. The third-order valence-corrected chi connectivity index (χ3v) is 6.52. The standard InChI is InChI=1S/C27H20N2O5S/c1-32-19-7-5-6-16(13-19)22-15-28-26(34-22)21-9-4-3-8-20(21)25(30)29-18-10-11-23-17(12-18)14-24(35-23)27(31)33-2/h3-15H,1-2H3,(H,29,30). The lowest BCUT2D eigenvalue weighted by Crippen LogP contribution is -2.13. The monoisotopic (exact) mass is 484 g/mol. The number of benzene rings is 3. The summed E-state index contributed by atoms with van der Waals surface area (Å²) >= 11 is 1.34. The molecule has 0 aliphatic heterocycles. The Kier molecular flexibility index (Phi) is 6.03. The number of hydrogen-bond donors (Lipinski definition) is 1. The topological polar surface area (TPSA) is 90.7 Å². The summed E-state index contributed by atoms with van der Waals surface area (Å²) in [4.78, 5) is 29.9. The van der Waals surface area contributed by atoms with Gasteiger partial charge in [-0.3, -0.25) is 4.79 Å². The first kappa shape index (κ1) is 22.4. The van der Waals surface area contributed by atoms with E-state index in [1.54, 1.807) is 43.6 Å². The van der Waals surface area contributed by atoms with Gasteiger partial charge in [0.25, 0.3) is 5.91 Å². The van der Waals surface area contributed by atoms with E-state index in [0.29, 0.717) is 39.1 Å². The number of carbonyl (C=O) groups excluding carboxylic acids is 2. The molecule has 7 nitrogen and oxygen atoms in total. The Morgan fingerprint density at radius 1 is 0.971 bits per heavy atom. The zero-order valence-electron chi connectivity index (χ0n) is 18.9. The van der Waals surface area contributed by atoms with Gasteiger partial charge in [0.2, 0.25) is 5.89 Å². The fourth-order valence-electron chi connectivity index (χ4n) is 3.70. The van der Waals surface area contributed by atoms with E-state index < -0.39 is 0 Å². The van der Waals surface area contributed by atoms with E-state index in [0.717, 1.165) is 15.6 Å². The van der Waals surface area contributed by atoms with Crippen LogP contribution in [0, 0.1) is 0 Å². The van der Waals surface area contributed by atoms with Crippen molar-refractivity contribution in [1.82, 2.24) is 4.98 Å². The number of esters is 1. The number of hydrogen-bond acceptors (Lipinski definition) is 7. The number of carbonyl (C=O) groups is 2. The maximum atomic E-state index is 13.2. The molecule has 5 rings (SSSR count). The van der Waals surface area contributed by atoms with Crippen molar-refractivity contribution in [1.29, 1.82) is 0 Å². The van der Waals surface area contributed by atoms with Crippen LogP contribution < -0.4 is 10.1 Å². The second-order valence-corrected chi connectivity index (χ2v) is 8.70. The van der Waals surface area contributed by atoms with Crippen LogP contribution in [-0.2, 0) is 4.74 Å². The van der Waals surface area contributed by atoms with E-state index >= 15 is 0 Å². The van der Waals surface area contributed by atoms with Crippen molar-refractivity contribution < 1.29 is 23.5 Å². The molecule has 1 amide bonds. The molecular weight excluding hydrogens is 464 g/mol. The minimum atomic E-state index is -0.384. The summed E-state index contributed by atoms with van der Waals surface area (Å²) in [6.45, 7) is 0. The number of fused-ring (bicyclic) bond motifs is 1. The van der Waals surface area contributed by atoms with E-state index in [1.807, 2.05) is 42.5 Å². The molecule has 3 aromatic carbocycles. The van der Waals surface area contributed by atoms with Crippen LogP contribution in [-0.4, -0.2) is 31.1 Å². The smallest absolute Gasteiger partial charge is 0.348 e. The lowest BCUT2D eigenvalue weighted by molar-refractivity contribution is 0.0606. The van der Waals surface area contributed by atoms with Crippen LogP contribution in [0.3, 0.4) is 0 Å². The van der Waals surface area contributed by atoms with Gasteiger partial charge in [-0.1, -0.05) is 24.3 Å². The quantitative estimate of drug-likeness (QED) is 0.286. The molecule has 2 aromatic heterocycles. The van der Waals surface area contributed by atoms with Crippen LogP contribution in [0.5, 0.6) is 5.75 Å². The van der Waals surface area contributed by atoms with Gasteiger partial charge in [0.05, 0.1) is 26.0 Å². The predicted octanol–water partition coefficient (Wildman–Crippen LogP) is 6.27. The van der Waals surface area contributed by atoms with Gasteiger partial charge in [-0.05, 0) is 53.9 Å². The van der Waals surface area contributed by atoms with Crippen molar-refractivity contribution in [3.05, 3.63) is 89.4 Å². The number of nitrogens with one attached hydrogen (secondary N) is 1. The highest BCUT2D eigenvalue weighted by Crippen LogP contribution is 2.31. The van der Waals surface area contributed by atoms with Crippen molar-refractivity contribution in [2.75, 3.05) is 19.5 Å². The number of thiophene rings is 1. The van der Waals surface area contributed by atoms with Gasteiger partial charge in [0.1, 0.15) is 10.6 Å². The minimum absolute atomic E-state index is 0.301. The Morgan fingerprint density at radius 2 is 1.83 bits per heavy atom. The zero-order chi connectivity index (χ0) is 24.4. The first-order chi connectivity index (χ1) is 17.1. The minimum Gasteiger partial charge on any atom is -0.497 e. The van der Waals surface area contributed by atoms with Gasteiger partial charge in [-0.15, -0.1) is 11.3 Å². The van der Waals surface area contributed by atoms with Gasteiger partial charge >= 0.3 is 5.97 Å². The molecule has 0 aliphatic carbocycles. The maximum absolute atomic E-state index is 13.2. The van der Waals surface area contributed by atoms with Crippen molar-refractivity contribution in [3.63, 3.8) is 0 Å². The SMILES string of the molecule is COC(=O)c1cc2cc(NC(=O)c3ccccc3-c3ncc(-c4cccc(OC)c4)o3)ccc2s1. The summed E-state index contributed by atoms with van der Waals surface area (Å²) in [6.07, 6.45) is 1.63. The Balaban J connectivity index is 1.42. The fourth-order valence-corrected chi connectivity index (χ4v) is 4.66. The normalized spacial score (nSPS) is 10.8. The summed E-state index contributed by atoms with van der Waals surface area (Å²) in [5, 5.41) is 3.77. The molecule has 35 heavy (non-hydrogen) atoms. The molecule has 0 spiro atoms. The van der Waals surface area contributed by atoms with E-state index in [1.165, 1.54) is 18.4 Å². The number of ether oxygens (including phenoxy) is 2. The van der Waals surface area contributed by atoms with Gasteiger partial charge < -0.3 is 19.2 Å². The van der Waals surface area contributed by atoms with Crippen LogP contribution in [0.2, 0.25) is 0 Å². The van der Waals surface area contributed by atoms with Crippen LogP contribution in [0.4, 0.5) is 5.69 Å². The van der Waals surface area contributed by atoms with Gasteiger partial charge in [0.15, 0.2) is 5.76 Å². The van der Waals surface area contributed by atoms with Gasteiger partial charge in [0, 0.05) is 21.5 Å². The molecule has 8 heteroatoms. The summed E-state index contributed by atoms with van der Waals surface area (Å²) in [5.41, 5.74) is 2.42. The average Bonchev–Trinajstić information content (AvgIpc) is 3.56. The van der Waals surface area contributed by atoms with E-state index in [-0.39, 0.29) is 11.9 Å². The molecule has 0 aliphatic rings. The number of anilines is 1. The van der Waals surface area contributed by atoms with Crippen LogP contribution in [0.1, 0.15) is 20.0 Å². The van der Waals surface area contributed by atoms with Crippen LogP contribution in [0.25, 0.3) is 32.9 Å². The fraction of sp³-hybridized carbons (Fsp3) is 0.0741. The van der Waals surface area contributed by atoms with E-state index in [4.69, 9.17) is 13.9 Å². The second kappa shape index (κ2) is 9.44. The Hall–Kier alpha value is -4.43. The summed E-state index contributed by atoms with van der Waals surface area (Å²) in [5.74, 6) is 0.930. The maximum Gasteiger partial charge on any atom is 0.348 e. The van der Waals surface area contributed by atoms with Crippen LogP contribution in [0.15, 0.2) is 83.4 Å². The number of aromatic nitrogens is 1. The van der Waals surface area contributed by atoms with Gasteiger partial charge in [-0.25, -0.2) is 9.78 Å². The molecular formula is C27H20N2O5S. The molecule has 0 saturated carbocycles.